The number of quaternary nitrogens is 1. The molecule has 144 valence electrons. The predicted molar refractivity (Wildman–Crippen MR) is 101 cm³/mol. The van der Waals surface area contributed by atoms with E-state index in [0.717, 1.165) is 35.8 Å². The molecule has 28 heavy (non-hydrogen) atoms. The van der Waals surface area contributed by atoms with Crippen molar-refractivity contribution in [3.05, 3.63) is 52.3 Å². The van der Waals surface area contributed by atoms with Gasteiger partial charge in [0.05, 0.1) is 32.0 Å². The first-order valence-corrected chi connectivity index (χ1v) is 9.41. The van der Waals surface area contributed by atoms with E-state index in [2.05, 4.69) is 28.6 Å². The van der Waals surface area contributed by atoms with Crippen LogP contribution in [0, 0.1) is 0 Å². The van der Waals surface area contributed by atoms with E-state index in [1.54, 1.807) is 11.8 Å². The number of benzene rings is 2. The van der Waals surface area contributed by atoms with Gasteiger partial charge in [0.15, 0.2) is 17.5 Å². The minimum Gasteiger partial charge on any atom is -0.492 e. The number of aromatic nitrogens is 4. The maximum Gasteiger partial charge on any atom is 0.231 e. The van der Waals surface area contributed by atoms with Gasteiger partial charge < -0.3 is 19.1 Å². The molecule has 3 heterocycles. The lowest BCUT2D eigenvalue weighted by Crippen LogP contribution is -3.10. The number of methoxy groups -OCH3 is 1. The van der Waals surface area contributed by atoms with Crippen molar-refractivity contribution in [3.8, 4) is 22.9 Å². The van der Waals surface area contributed by atoms with E-state index in [9.17, 15) is 0 Å². The van der Waals surface area contributed by atoms with Gasteiger partial charge in [-0.25, -0.2) is 0 Å². The van der Waals surface area contributed by atoms with Crippen molar-refractivity contribution in [1.82, 2.24) is 20.2 Å². The van der Waals surface area contributed by atoms with Crippen LogP contribution < -0.4 is 19.1 Å². The van der Waals surface area contributed by atoms with Gasteiger partial charge in [0.2, 0.25) is 18.4 Å². The fourth-order valence-corrected chi connectivity index (χ4v) is 4.14. The molecule has 9 heteroatoms. The van der Waals surface area contributed by atoms with Crippen molar-refractivity contribution in [1.29, 1.82) is 0 Å². The van der Waals surface area contributed by atoms with Crippen LogP contribution in [-0.4, -0.2) is 47.7 Å². The molecular formula is C19H19ClN5O3+. The molecule has 1 unspecified atom stereocenters. The molecule has 0 saturated carbocycles. The summed E-state index contributed by atoms with van der Waals surface area (Å²) >= 11 is 6.04. The molecule has 0 saturated heterocycles. The Morgan fingerprint density at radius 2 is 2.07 bits per heavy atom. The second-order valence-corrected chi connectivity index (χ2v) is 7.36. The molecule has 2 aliphatic heterocycles. The van der Waals surface area contributed by atoms with Gasteiger partial charge in [0.1, 0.15) is 0 Å². The van der Waals surface area contributed by atoms with Gasteiger partial charge in [-0.2, -0.15) is 4.68 Å². The molecule has 0 fully saturated rings. The highest BCUT2D eigenvalue weighted by Gasteiger charge is 2.40. The van der Waals surface area contributed by atoms with Crippen LogP contribution in [0.1, 0.15) is 23.0 Å². The SMILES string of the molecule is COc1c2c(cc3c1[C@@H](c1nnnn1-c1ccc(Cl)cc1)[NH+](C)CC3)OCO2. The van der Waals surface area contributed by atoms with Crippen LogP contribution in [0.25, 0.3) is 5.69 Å². The molecule has 0 amide bonds. The largest absolute Gasteiger partial charge is 0.492 e. The quantitative estimate of drug-likeness (QED) is 0.712. The highest BCUT2D eigenvalue weighted by molar-refractivity contribution is 6.30. The van der Waals surface area contributed by atoms with E-state index in [1.165, 1.54) is 10.5 Å². The number of nitrogens with one attached hydrogen (secondary N) is 1. The molecule has 0 spiro atoms. The van der Waals surface area contributed by atoms with Crippen molar-refractivity contribution in [2.24, 2.45) is 0 Å². The van der Waals surface area contributed by atoms with E-state index in [0.29, 0.717) is 16.5 Å². The van der Waals surface area contributed by atoms with Crippen LogP contribution >= 0.6 is 11.6 Å². The second kappa shape index (κ2) is 6.65. The fourth-order valence-electron chi connectivity index (χ4n) is 4.02. The molecule has 0 bridgehead atoms. The number of likely N-dealkylation sites (N-methyl/N-ethyl adjacent to an activating group) is 1. The number of tetrazole rings is 1. The van der Waals surface area contributed by atoms with Gasteiger partial charge in [0, 0.05) is 11.4 Å². The molecule has 2 atom stereocenters. The lowest BCUT2D eigenvalue weighted by molar-refractivity contribution is -0.909. The third-order valence-electron chi connectivity index (χ3n) is 5.34. The maximum absolute atomic E-state index is 6.04. The Morgan fingerprint density at radius 3 is 2.86 bits per heavy atom. The van der Waals surface area contributed by atoms with E-state index in [-0.39, 0.29) is 12.8 Å². The van der Waals surface area contributed by atoms with Crippen molar-refractivity contribution < 1.29 is 19.1 Å². The lowest BCUT2D eigenvalue weighted by atomic mass is 9.90. The number of rotatable bonds is 3. The van der Waals surface area contributed by atoms with Crippen LogP contribution in [0.5, 0.6) is 17.2 Å². The third-order valence-corrected chi connectivity index (χ3v) is 5.59. The molecule has 2 aromatic carbocycles. The first-order chi connectivity index (χ1) is 13.7. The molecule has 2 aliphatic rings. The van der Waals surface area contributed by atoms with Gasteiger partial charge in [0.25, 0.3) is 0 Å². The summed E-state index contributed by atoms with van der Waals surface area (Å²) in [5.74, 6) is 2.80. The monoisotopic (exact) mass is 400 g/mol. The fraction of sp³-hybridized carbons (Fsp3) is 0.316. The Labute approximate surface area is 166 Å². The van der Waals surface area contributed by atoms with Crippen molar-refractivity contribution in [2.45, 2.75) is 12.5 Å². The zero-order chi connectivity index (χ0) is 19.3. The Bertz CT molecular complexity index is 1040. The number of ether oxygens (including phenoxy) is 3. The number of nitrogens with zero attached hydrogens (tertiary/aromatic N) is 4. The maximum atomic E-state index is 6.04. The van der Waals surface area contributed by atoms with Gasteiger partial charge in [-0.05, 0) is 46.3 Å². The molecule has 0 aliphatic carbocycles. The van der Waals surface area contributed by atoms with E-state index in [1.807, 2.05) is 24.3 Å². The molecule has 3 aromatic rings. The minimum atomic E-state index is -0.112. The van der Waals surface area contributed by atoms with Crippen LogP contribution in [0.4, 0.5) is 0 Å². The van der Waals surface area contributed by atoms with Gasteiger partial charge >= 0.3 is 0 Å². The standard InChI is InChI=1S/C19H18ClN5O3/c1-24-8-7-11-9-14-17(28-10-27-14)18(26-2)15(11)16(24)19-21-22-23-25(19)13-5-3-12(20)4-6-13/h3-6,9,16H,7-8,10H2,1-2H3/p+1/t16-/m0/s1. The van der Waals surface area contributed by atoms with E-state index >= 15 is 0 Å². The Kier molecular flexibility index (Phi) is 4.10. The molecule has 1 N–H and O–H groups in total. The van der Waals surface area contributed by atoms with Crippen LogP contribution in [0.2, 0.25) is 5.02 Å². The van der Waals surface area contributed by atoms with E-state index < -0.39 is 0 Å². The summed E-state index contributed by atoms with van der Waals surface area (Å²) in [5.41, 5.74) is 3.06. The Hall–Kier alpha value is -2.84. The highest BCUT2D eigenvalue weighted by atomic mass is 35.5. The molecule has 0 radical (unpaired) electrons. The van der Waals surface area contributed by atoms with Crippen molar-refractivity contribution in [3.63, 3.8) is 0 Å². The molecule has 1 aromatic heterocycles. The number of hydrogen-bond donors (Lipinski definition) is 1. The lowest BCUT2D eigenvalue weighted by Gasteiger charge is -2.32. The zero-order valence-electron chi connectivity index (χ0n) is 15.5. The summed E-state index contributed by atoms with van der Waals surface area (Å²) in [6, 6.07) is 9.39. The van der Waals surface area contributed by atoms with Gasteiger partial charge in [-0.15, -0.1) is 5.10 Å². The van der Waals surface area contributed by atoms with E-state index in [4.69, 9.17) is 25.8 Å². The van der Waals surface area contributed by atoms with Crippen LogP contribution in [0.15, 0.2) is 30.3 Å². The van der Waals surface area contributed by atoms with Crippen molar-refractivity contribution in [2.75, 3.05) is 27.5 Å². The third kappa shape index (κ3) is 2.60. The molecular weight excluding hydrogens is 382 g/mol. The Morgan fingerprint density at radius 1 is 1.25 bits per heavy atom. The first-order valence-electron chi connectivity index (χ1n) is 9.03. The zero-order valence-corrected chi connectivity index (χ0v) is 16.2. The number of halogens is 1. The summed E-state index contributed by atoms with van der Waals surface area (Å²) in [6.07, 6.45) is 0.910. The molecule has 5 rings (SSSR count). The summed E-state index contributed by atoms with van der Waals surface area (Å²) in [6.45, 7) is 1.14. The average Bonchev–Trinajstić information content (AvgIpc) is 3.36. The normalized spacial score (nSPS) is 20.1. The van der Waals surface area contributed by atoms with Crippen LogP contribution in [-0.2, 0) is 6.42 Å². The first kappa shape index (κ1) is 17.3. The molecule has 8 nitrogen and oxygen atoms in total. The smallest absolute Gasteiger partial charge is 0.231 e. The summed E-state index contributed by atoms with van der Waals surface area (Å²) < 4.78 is 18.8. The van der Waals surface area contributed by atoms with Gasteiger partial charge in [-0.1, -0.05) is 11.6 Å². The number of hydrogen-bond acceptors (Lipinski definition) is 6. The minimum absolute atomic E-state index is 0.112. The second-order valence-electron chi connectivity index (χ2n) is 6.92. The van der Waals surface area contributed by atoms with Crippen LogP contribution in [0.3, 0.4) is 0 Å². The van der Waals surface area contributed by atoms with Gasteiger partial charge in [-0.3, -0.25) is 0 Å². The topological polar surface area (TPSA) is 75.7 Å². The highest BCUT2D eigenvalue weighted by Crippen LogP contribution is 2.48. The van der Waals surface area contributed by atoms with Crippen molar-refractivity contribution >= 4 is 11.6 Å². The number of fused-ring (bicyclic) bond motifs is 2. The summed E-state index contributed by atoms with van der Waals surface area (Å²) in [5, 5.41) is 13.2. The Balaban J connectivity index is 1.69. The summed E-state index contributed by atoms with van der Waals surface area (Å²) in [4.78, 5) is 1.27. The average molecular weight is 401 g/mol. The summed E-state index contributed by atoms with van der Waals surface area (Å²) in [7, 11) is 3.79. The predicted octanol–water partition coefficient (Wildman–Crippen LogP) is 1.21.